The number of aryl methyl sites for hydroxylation is 1. The van der Waals surface area contributed by atoms with Gasteiger partial charge in [0.1, 0.15) is 0 Å². The lowest BCUT2D eigenvalue weighted by Gasteiger charge is -2.31. The number of likely N-dealkylation sites (tertiary alicyclic amines) is 1. The number of rotatable bonds is 4. The van der Waals surface area contributed by atoms with E-state index >= 15 is 0 Å². The molecule has 0 aromatic carbocycles. The van der Waals surface area contributed by atoms with E-state index in [-0.39, 0.29) is 5.91 Å². The second kappa shape index (κ2) is 6.84. The van der Waals surface area contributed by atoms with Gasteiger partial charge in [-0.2, -0.15) is 5.10 Å². The van der Waals surface area contributed by atoms with Crippen molar-refractivity contribution < 1.29 is 4.79 Å². The fraction of sp³-hybridized carbons (Fsp3) is 0.529. The summed E-state index contributed by atoms with van der Waals surface area (Å²) in [5, 5.41) is 11.2. The fourth-order valence-electron chi connectivity index (χ4n) is 3.18. The van der Waals surface area contributed by atoms with Crippen LogP contribution >= 0.6 is 11.3 Å². The van der Waals surface area contributed by atoms with Crippen LogP contribution in [0.4, 0.5) is 5.00 Å². The van der Waals surface area contributed by atoms with Crippen LogP contribution in [-0.2, 0) is 4.79 Å². The van der Waals surface area contributed by atoms with E-state index in [1.807, 2.05) is 6.07 Å². The molecule has 1 amide bonds. The zero-order chi connectivity index (χ0) is 16.4. The Bertz CT molecular complexity index is 677. The van der Waals surface area contributed by atoms with Crippen LogP contribution < -0.4 is 5.32 Å². The summed E-state index contributed by atoms with van der Waals surface area (Å²) < 4.78 is 0. The first-order valence-corrected chi connectivity index (χ1v) is 8.94. The number of aromatic nitrogens is 2. The molecule has 0 aliphatic carbocycles. The molecule has 124 valence electrons. The second-order valence-corrected chi connectivity index (χ2v) is 7.60. The summed E-state index contributed by atoms with van der Waals surface area (Å²) in [6.45, 7) is 8.64. The molecule has 3 heterocycles. The largest absolute Gasteiger partial charge is 0.316 e. The molecule has 3 rings (SSSR count). The lowest BCUT2D eigenvalue weighted by Crippen LogP contribution is -2.39. The zero-order valence-electron chi connectivity index (χ0n) is 14.0. The summed E-state index contributed by atoms with van der Waals surface area (Å²) in [6.07, 6.45) is 4.07. The highest BCUT2D eigenvalue weighted by Gasteiger charge is 2.24. The average molecular weight is 332 g/mol. The lowest BCUT2D eigenvalue weighted by atomic mass is 9.95. The molecule has 1 fully saturated rings. The van der Waals surface area contributed by atoms with Crippen molar-refractivity contribution in [3.8, 4) is 0 Å². The van der Waals surface area contributed by atoms with Crippen molar-refractivity contribution in [2.24, 2.45) is 0 Å². The number of nitrogens with one attached hydrogen (secondary N) is 2. The highest BCUT2D eigenvalue weighted by atomic mass is 32.1. The van der Waals surface area contributed by atoms with E-state index in [2.05, 4.69) is 41.2 Å². The lowest BCUT2D eigenvalue weighted by molar-refractivity contribution is -0.117. The van der Waals surface area contributed by atoms with Crippen molar-refractivity contribution in [3.63, 3.8) is 0 Å². The first-order valence-electron chi connectivity index (χ1n) is 8.12. The van der Waals surface area contributed by atoms with Gasteiger partial charge < -0.3 is 5.32 Å². The van der Waals surface area contributed by atoms with Gasteiger partial charge in [-0.05, 0) is 57.4 Å². The molecule has 0 spiro atoms. The SMILES string of the molecule is Cc1sc(NC(=O)CN2CCC[C@H](c3ccn[nH]3)C2)c(C)c1C. The van der Waals surface area contributed by atoms with Crippen LogP contribution in [-0.4, -0.2) is 40.6 Å². The number of carbonyl (C=O) groups excluding carboxylic acids is 1. The first kappa shape index (κ1) is 16.2. The van der Waals surface area contributed by atoms with E-state index in [1.54, 1.807) is 17.5 Å². The third-order valence-corrected chi connectivity index (χ3v) is 6.00. The molecule has 2 N–H and O–H groups in total. The Kier molecular flexibility index (Phi) is 4.82. The van der Waals surface area contributed by atoms with Crippen molar-refractivity contribution in [2.75, 3.05) is 25.0 Å². The summed E-state index contributed by atoms with van der Waals surface area (Å²) in [4.78, 5) is 15.9. The van der Waals surface area contributed by atoms with Crippen molar-refractivity contribution in [3.05, 3.63) is 34.0 Å². The molecule has 1 saturated heterocycles. The van der Waals surface area contributed by atoms with Gasteiger partial charge in [-0.1, -0.05) is 0 Å². The van der Waals surface area contributed by atoms with Gasteiger partial charge in [0.05, 0.1) is 11.5 Å². The normalized spacial score (nSPS) is 19.0. The van der Waals surface area contributed by atoms with Gasteiger partial charge >= 0.3 is 0 Å². The monoisotopic (exact) mass is 332 g/mol. The van der Waals surface area contributed by atoms with Gasteiger partial charge in [0.2, 0.25) is 5.91 Å². The van der Waals surface area contributed by atoms with Crippen LogP contribution in [0, 0.1) is 20.8 Å². The minimum absolute atomic E-state index is 0.0830. The van der Waals surface area contributed by atoms with Gasteiger partial charge in [0.15, 0.2) is 0 Å². The maximum Gasteiger partial charge on any atom is 0.239 e. The highest BCUT2D eigenvalue weighted by molar-refractivity contribution is 7.16. The van der Waals surface area contributed by atoms with Crippen LogP contribution in [0.3, 0.4) is 0 Å². The zero-order valence-corrected chi connectivity index (χ0v) is 14.8. The maximum absolute atomic E-state index is 12.4. The summed E-state index contributed by atoms with van der Waals surface area (Å²) in [7, 11) is 0. The number of thiophene rings is 1. The molecule has 0 unspecified atom stereocenters. The van der Waals surface area contributed by atoms with Crippen molar-refractivity contribution in [1.82, 2.24) is 15.1 Å². The third-order valence-electron chi connectivity index (χ3n) is 4.77. The molecule has 2 aromatic rings. The minimum Gasteiger partial charge on any atom is -0.316 e. The molecule has 1 aliphatic heterocycles. The molecule has 1 atom stereocenters. The number of hydrogen-bond donors (Lipinski definition) is 2. The molecular formula is C17H24N4OS. The molecule has 0 bridgehead atoms. The van der Waals surface area contributed by atoms with E-state index in [4.69, 9.17) is 0 Å². The third kappa shape index (κ3) is 3.64. The number of carbonyl (C=O) groups is 1. The van der Waals surface area contributed by atoms with Crippen LogP contribution in [0.2, 0.25) is 0 Å². The molecule has 1 aliphatic rings. The fourth-order valence-corrected chi connectivity index (χ4v) is 4.26. The van der Waals surface area contributed by atoms with Crippen LogP contribution in [0.25, 0.3) is 0 Å². The van der Waals surface area contributed by atoms with Crippen LogP contribution in [0.15, 0.2) is 12.3 Å². The van der Waals surface area contributed by atoms with Gasteiger partial charge in [0, 0.05) is 29.2 Å². The number of aromatic amines is 1. The van der Waals surface area contributed by atoms with Crippen molar-refractivity contribution in [2.45, 2.75) is 39.5 Å². The maximum atomic E-state index is 12.4. The predicted molar refractivity (Wildman–Crippen MR) is 94.2 cm³/mol. The topological polar surface area (TPSA) is 61.0 Å². The Morgan fingerprint density at radius 1 is 1.43 bits per heavy atom. The second-order valence-electron chi connectivity index (χ2n) is 6.37. The minimum atomic E-state index is 0.0830. The Morgan fingerprint density at radius 2 is 2.26 bits per heavy atom. The number of piperidine rings is 1. The number of anilines is 1. The molecule has 6 heteroatoms. The molecule has 0 radical (unpaired) electrons. The Morgan fingerprint density at radius 3 is 2.91 bits per heavy atom. The Balaban J connectivity index is 1.58. The molecular weight excluding hydrogens is 308 g/mol. The summed E-state index contributed by atoms with van der Waals surface area (Å²) in [6, 6.07) is 2.04. The number of hydrogen-bond acceptors (Lipinski definition) is 4. The Hall–Kier alpha value is -1.66. The molecule has 0 saturated carbocycles. The number of nitrogens with zero attached hydrogens (tertiary/aromatic N) is 2. The quantitative estimate of drug-likeness (QED) is 0.904. The van der Waals surface area contributed by atoms with Gasteiger partial charge in [0.25, 0.3) is 0 Å². The van der Waals surface area contributed by atoms with Crippen LogP contribution in [0.1, 0.15) is 40.5 Å². The van der Waals surface area contributed by atoms with Crippen LogP contribution in [0.5, 0.6) is 0 Å². The van der Waals surface area contributed by atoms with E-state index in [0.29, 0.717) is 12.5 Å². The number of H-pyrrole nitrogens is 1. The summed E-state index contributed by atoms with van der Waals surface area (Å²) in [5.74, 6) is 0.534. The van der Waals surface area contributed by atoms with Crippen molar-refractivity contribution in [1.29, 1.82) is 0 Å². The van der Waals surface area contributed by atoms with E-state index in [0.717, 1.165) is 30.9 Å². The van der Waals surface area contributed by atoms with Crippen molar-refractivity contribution >= 4 is 22.2 Å². The molecule has 23 heavy (non-hydrogen) atoms. The van der Waals surface area contributed by atoms with Gasteiger partial charge in [-0.25, -0.2) is 0 Å². The highest BCUT2D eigenvalue weighted by Crippen LogP contribution is 2.31. The predicted octanol–water partition coefficient (Wildman–Crippen LogP) is 3.21. The van der Waals surface area contributed by atoms with Gasteiger partial charge in [-0.3, -0.25) is 14.8 Å². The first-order chi connectivity index (χ1) is 11.0. The Labute approximate surface area is 141 Å². The summed E-state index contributed by atoms with van der Waals surface area (Å²) >= 11 is 1.67. The molecule has 5 nitrogen and oxygen atoms in total. The molecule has 2 aromatic heterocycles. The van der Waals surface area contributed by atoms with E-state index in [9.17, 15) is 4.79 Å². The average Bonchev–Trinajstić information content (AvgIpc) is 3.14. The standard InChI is InChI=1S/C17H24N4OS/c1-11-12(2)17(23-13(11)3)19-16(22)10-21-8-4-5-14(9-21)15-6-7-18-20-15/h6-7,14H,4-5,8-10H2,1-3H3,(H,18,20)(H,19,22)/t14-/m0/s1. The van der Waals surface area contributed by atoms with Gasteiger partial charge in [-0.15, -0.1) is 11.3 Å². The van der Waals surface area contributed by atoms with E-state index in [1.165, 1.54) is 21.7 Å². The number of amides is 1. The smallest absolute Gasteiger partial charge is 0.239 e. The van der Waals surface area contributed by atoms with E-state index < -0.39 is 0 Å². The summed E-state index contributed by atoms with van der Waals surface area (Å²) in [5.41, 5.74) is 3.65.